The number of nitrogens with zero attached hydrogens (tertiary/aromatic N) is 5. The predicted molar refractivity (Wildman–Crippen MR) is 120 cm³/mol. The summed E-state index contributed by atoms with van der Waals surface area (Å²) in [5.74, 6) is 1.28. The second kappa shape index (κ2) is 9.16. The molecule has 1 aliphatic heterocycles. The van der Waals surface area contributed by atoms with Crippen LogP contribution in [0.15, 0.2) is 53.7 Å². The summed E-state index contributed by atoms with van der Waals surface area (Å²) in [6.45, 7) is 5.18. The standard InChI is InChI=1S/C22H28N6OS/c1-15(2)16-5-11-19(12-6-16)28-22(24-25-26-28)30-14-20-13-23-21(29-20)17-7-9-18(10-8-17)27(3)4/h5-12,15,20-21,23H,13-14H2,1-4H3/t20-,21-/m1/s1. The topological polar surface area (TPSA) is 68.1 Å². The summed E-state index contributed by atoms with van der Waals surface area (Å²) in [4.78, 5) is 2.09. The second-order valence-corrected chi connectivity index (χ2v) is 8.95. The molecule has 0 aliphatic carbocycles. The molecule has 1 aliphatic rings. The molecular formula is C22H28N6OS. The van der Waals surface area contributed by atoms with E-state index >= 15 is 0 Å². The van der Waals surface area contributed by atoms with E-state index in [2.05, 4.69) is 88.1 Å². The number of anilines is 1. The minimum Gasteiger partial charge on any atom is -0.378 e. The van der Waals surface area contributed by atoms with E-state index in [1.54, 1.807) is 16.4 Å². The molecule has 0 saturated carbocycles. The van der Waals surface area contributed by atoms with Crippen molar-refractivity contribution < 1.29 is 4.74 Å². The quantitative estimate of drug-likeness (QED) is 0.581. The summed E-state index contributed by atoms with van der Waals surface area (Å²) in [6, 6.07) is 16.8. The number of hydrogen-bond acceptors (Lipinski definition) is 7. The summed E-state index contributed by atoms with van der Waals surface area (Å²) in [7, 11) is 4.08. The monoisotopic (exact) mass is 424 g/mol. The molecule has 1 fully saturated rings. The largest absolute Gasteiger partial charge is 0.378 e. The van der Waals surface area contributed by atoms with Crippen LogP contribution in [0.1, 0.15) is 37.1 Å². The molecule has 0 unspecified atom stereocenters. The zero-order valence-electron chi connectivity index (χ0n) is 17.8. The summed E-state index contributed by atoms with van der Waals surface area (Å²) in [6.07, 6.45) is 0.0216. The van der Waals surface area contributed by atoms with Gasteiger partial charge in [0.05, 0.1) is 11.8 Å². The van der Waals surface area contributed by atoms with Crippen molar-refractivity contribution in [3.8, 4) is 5.69 Å². The molecule has 4 rings (SSSR count). The van der Waals surface area contributed by atoms with Crippen LogP contribution in [-0.2, 0) is 4.74 Å². The number of tetrazole rings is 1. The van der Waals surface area contributed by atoms with Gasteiger partial charge in [-0.3, -0.25) is 5.32 Å². The van der Waals surface area contributed by atoms with Crippen LogP contribution in [0.4, 0.5) is 5.69 Å². The highest BCUT2D eigenvalue weighted by atomic mass is 32.2. The maximum Gasteiger partial charge on any atom is 0.214 e. The third kappa shape index (κ3) is 4.66. The van der Waals surface area contributed by atoms with Crippen molar-refractivity contribution in [2.24, 2.45) is 0 Å². The molecule has 0 radical (unpaired) electrons. The Hall–Kier alpha value is -2.42. The molecular weight excluding hydrogens is 396 g/mol. The summed E-state index contributed by atoms with van der Waals surface area (Å²) < 4.78 is 8.00. The van der Waals surface area contributed by atoms with E-state index in [-0.39, 0.29) is 12.3 Å². The smallest absolute Gasteiger partial charge is 0.214 e. The van der Waals surface area contributed by atoms with Crippen LogP contribution in [0.25, 0.3) is 5.69 Å². The van der Waals surface area contributed by atoms with Crippen molar-refractivity contribution in [2.75, 3.05) is 31.3 Å². The third-order valence-corrected chi connectivity index (χ3v) is 6.27. The fourth-order valence-corrected chi connectivity index (χ4v) is 4.26. The average molecular weight is 425 g/mol. The highest BCUT2D eigenvalue weighted by molar-refractivity contribution is 7.99. The molecule has 30 heavy (non-hydrogen) atoms. The Morgan fingerprint density at radius 1 is 1.13 bits per heavy atom. The summed E-state index contributed by atoms with van der Waals surface area (Å²) in [5.41, 5.74) is 4.59. The lowest BCUT2D eigenvalue weighted by molar-refractivity contribution is 0.0534. The van der Waals surface area contributed by atoms with Gasteiger partial charge < -0.3 is 9.64 Å². The molecule has 0 spiro atoms. The molecule has 2 aromatic carbocycles. The van der Waals surface area contributed by atoms with E-state index in [0.29, 0.717) is 5.92 Å². The van der Waals surface area contributed by atoms with E-state index < -0.39 is 0 Å². The molecule has 2 heterocycles. The first-order valence-corrected chi connectivity index (χ1v) is 11.2. The number of hydrogen-bond donors (Lipinski definition) is 1. The number of aromatic nitrogens is 4. The maximum absolute atomic E-state index is 6.21. The lowest BCUT2D eigenvalue weighted by Gasteiger charge is -2.16. The zero-order chi connectivity index (χ0) is 21.1. The zero-order valence-corrected chi connectivity index (χ0v) is 18.6. The Kier molecular flexibility index (Phi) is 6.36. The van der Waals surface area contributed by atoms with Gasteiger partial charge >= 0.3 is 0 Å². The molecule has 0 bridgehead atoms. The van der Waals surface area contributed by atoms with Crippen molar-refractivity contribution in [3.63, 3.8) is 0 Å². The van der Waals surface area contributed by atoms with Crippen LogP contribution < -0.4 is 10.2 Å². The lowest BCUT2D eigenvalue weighted by Crippen LogP contribution is -2.17. The number of nitrogens with one attached hydrogen (secondary N) is 1. The van der Waals surface area contributed by atoms with Gasteiger partial charge in [0.25, 0.3) is 0 Å². The molecule has 0 amide bonds. The molecule has 8 heteroatoms. The normalized spacial score (nSPS) is 18.8. The van der Waals surface area contributed by atoms with Gasteiger partial charge in [-0.2, -0.15) is 4.68 Å². The summed E-state index contributed by atoms with van der Waals surface area (Å²) >= 11 is 1.62. The first-order chi connectivity index (χ1) is 14.5. The Morgan fingerprint density at radius 3 is 2.53 bits per heavy atom. The minimum atomic E-state index is -0.0774. The first-order valence-electron chi connectivity index (χ1n) is 10.2. The van der Waals surface area contributed by atoms with Gasteiger partial charge in [0, 0.05) is 32.1 Å². The fourth-order valence-electron chi connectivity index (χ4n) is 3.37. The summed E-state index contributed by atoms with van der Waals surface area (Å²) in [5, 5.41) is 16.5. The van der Waals surface area contributed by atoms with Gasteiger partial charge in [0.2, 0.25) is 5.16 Å². The molecule has 158 valence electrons. The number of benzene rings is 2. The second-order valence-electron chi connectivity index (χ2n) is 7.96. The van der Waals surface area contributed by atoms with Crippen LogP contribution >= 0.6 is 11.8 Å². The minimum absolute atomic E-state index is 0.0774. The van der Waals surface area contributed by atoms with Gasteiger partial charge in [0.1, 0.15) is 6.23 Å². The molecule has 7 nitrogen and oxygen atoms in total. The maximum atomic E-state index is 6.21. The SMILES string of the molecule is CC(C)c1ccc(-n2nnnc2SC[C@H]2CN[C@@H](c3ccc(N(C)C)cc3)O2)cc1. The van der Waals surface area contributed by atoms with E-state index in [4.69, 9.17) is 4.74 Å². The molecule has 1 aromatic heterocycles. The van der Waals surface area contributed by atoms with Gasteiger partial charge in [-0.05, 0) is 51.7 Å². The fraction of sp³-hybridized carbons (Fsp3) is 0.409. The van der Waals surface area contributed by atoms with Crippen molar-refractivity contribution in [1.29, 1.82) is 0 Å². The Morgan fingerprint density at radius 2 is 1.87 bits per heavy atom. The van der Waals surface area contributed by atoms with Crippen molar-refractivity contribution in [1.82, 2.24) is 25.5 Å². The number of ether oxygens (including phenoxy) is 1. The van der Waals surface area contributed by atoms with Crippen LogP contribution in [-0.4, -0.2) is 52.7 Å². The number of rotatable bonds is 7. The van der Waals surface area contributed by atoms with Gasteiger partial charge in [-0.1, -0.05) is 49.9 Å². The van der Waals surface area contributed by atoms with E-state index in [0.717, 1.165) is 28.7 Å². The van der Waals surface area contributed by atoms with Crippen molar-refractivity contribution >= 4 is 17.4 Å². The molecule has 1 saturated heterocycles. The van der Waals surface area contributed by atoms with Crippen LogP contribution in [0.5, 0.6) is 0 Å². The van der Waals surface area contributed by atoms with Crippen LogP contribution in [0.3, 0.4) is 0 Å². The highest BCUT2D eigenvalue weighted by Gasteiger charge is 2.26. The third-order valence-electron chi connectivity index (χ3n) is 5.22. The Bertz CT molecular complexity index is 955. The van der Waals surface area contributed by atoms with Gasteiger partial charge in [-0.15, -0.1) is 5.10 Å². The Labute approximate surface area is 181 Å². The van der Waals surface area contributed by atoms with E-state index in [1.165, 1.54) is 11.3 Å². The average Bonchev–Trinajstić information content (AvgIpc) is 3.42. The molecule has 2 atom stereocenters. The lowest BCUT2D eigenvalue weighted by atomic mass is 10.0. The van der Waals surface area contributed by atoms with Gasteiger partial charge in [0.15, 0.2) is 0 Å². The van der Waals surface area contributed by atoms with E-state index in [9.17, 15) is 0 Å². The molecule has 1 N–H and O–H groups in total. The van der Waals surface area contributed by atoms with Crippen LogP contribution in [0.2, 0.25) is 0 Å². The molecule has 3 aromatic rings. The highest BCUT2D eigenvalue weighted by Crippen LogP contribution is 2.27. The Balaban J connectivity index is 1.35. The first kappa shape index (κ1) is 20.8. The van der Waals surface area contributed by atoms with Crippen molar-refractivity contribution in [2.45, 2.75) is 37.3 Å². The van der Waals surface area contributed by atoms with Crippen LogP contribution in [0, 0.1) is 0 Å². The van der Waals surface area contributed by atoms with Gasteiger partial charge in [-0.25, -0.2) is 0 Å². The predicted octanol–water partition coefficient (Wildman–Crippen LogP) is 3.63. The van der Waals surface area contributed by atoms with E-state index in [1.807, 2.05) is 14.1 Å². The number of thioether (sulfide) groups is 1. The van der Waals surface area contributed by atoms with Crippen molar-refractivity contribution in [3.05, 3.63) is 59.7 Å².